The number of nitrogens with zero attached hydrogens (tertiary/aromatic N) is 1. The summed E-state index contributed by atoms with van der Waals surface area (Å²) in [7, 11) is -2.47. The minimum atomic E-state index is -3.58. The van der Waals surface area contributed by atoms with Crippen LogP contribution in [0.2, 0.25) is 0 Å². The lowest BCUT2D eigenvalue weighted by atomic mass is 10.0. The van der Waals surface area contributed by atoms with Crippen molar-refractivity contribution in [2.45, 2.75) is 25.2 Å². The maximum absolute atomic E-state index is 11.2. The Morgan fingerprint density at radius 2 is 2.06 bits per heavy atom. The second kappa shape index (κ2) is 4.48. The zero-order valence-corrected chi connectivity index (χ0v) is 10.3. The van der Waals surface area contributed by atoms with Gasteiger partial charge in [-0.15, -0.1) is 0 Å². The van der Waals surface area contributed by atoms with Crippen molar-refractivity contribution in [1.82, 2.24) is 4.98 Å². The average molecular weight is 245 g/mol. The van der Waals surface area contributed by atoms with Crippen LogP contribution in [-0.4, -0.2) is 25.6 Å². The van der Waals surface area contributed by atoms with E-state index >= 15 is 0 Å². The van der Waals surface area contributed by atoms with Crippen molar-refractivity contribution in [2.75, 3.05) is 7.11 Å². The highest BCUT2D eigenvalue weighted by Gasteiger charge is 2.19. The highest BCUT2D eigenvalue weighted by molar-refractivity contribution is 7.85. The molecule has 0 radical (unpaired) electrons. The summed E-state index contributed by atoms with van der Waals surface area (Å²) in [5, 5.41) is 9.73. The largest absolute Gasteiger partial charge is 0.384 e. The molecule has 1 rings (SSSR count). The predicted octanol–water partition coefficient (Wildman–Crippen LogP) is 0.785. The van der Waals surface area contributed by atoms with Crippen molar-refractivity contribution in [3.63, 3.8) is 0 Å². The topological polar surface area (TPSA) is 76.5 Å². The van der Waals surface area contributed by atoms with Gasteiger partial charge in [-0.2, -0.15) is 8.42 Å². The molecule has 0 atom stereocenters. The lowest BCUT2D eigenvalue weighted by Crippen LogP contribution is -2.18. The molecule has 0 aliphatic rings. The molecule has 16 heavy (non-hydrogen) atoms. The van der Waals surface area contributed by atoms with Gasteiger partial charge in [-0.3, -0.25) is 9.17 Å². The molecule has 1 N–H and O–H groups in total. The molecule has 0 aromatic carbocycles. The fraction of sp³-hybridized carbons (Fsp3) is 0.500. The van der Waals surface area contributed by atoms with Crippen LogP contribution in [0, 0.1) is 0 Å². The molecule has 1 aromatic heterocycles. The van der Waals surface area contributed by atoms with Crippen molar-refractivity contribution in [3.8, 4) is 0 Å². The zero-order chi connectivity index (χ0) is 12.4. The first-order chi connectivity index (χ1) is 7.24. The minimum Gasteiger partial charge on any atom is -0.384 e. The van der Waals surface area contributed by atoms with E-state index in [1.54, 1.807) is 32.0 Å². The lowest BCUT2D eigenvalue weighted by Gasteiger charge is -2.16. The summed E-state index contributed by atoms with van der Waals surface area (Å²) in [6.45, 7) is 3.17. The molecule has 1 aromatic rings. The Balaban J connectivity index is 3.01. The van der Waals surface area contributed by atoms with Crippen LogP contribution < -0.4 is 0 Å². The van der Waals surface area contributed by atoms with Gasteiger partial charge in [0.15, 0.2) is 0 Å². The summed E-state index contributed by atoms with van der Waals surface area (Å²) >= 11 is 0. The molecule has 5 nitrogen and oxygen atoms in total. The van der Waals surface area contributed by atoms with Crippen LogP contribution in [-0.2, 0) is 25.7 Å². The molecule has 0 aliphatic heterocycles. The third kappa shape index (κ3) is 3.55. The van der Waals surface area contributed by atoms with E-state index in [0.29, 0.717) is 11.4 Å². The highest BCUT2D eigenvalue weighted by atomic mass is 32.2. The first-order valence-electron chi connectivity index (χ1n) is 4.72. The number of hydrogen-bond acceptors (Lipinski definition) is 5. The molecule has 0 amide bonds. The molecular formula is C10H15NO4S. The fourth-order valence-electron chi connectivity index (χ4n) is 1.14. The molecule has 0 aliphatic carbocycles. The average Bonchev–Trinajstić information content (AvgIpc) is 2.16. The molecule has 1 heterocycles. The van der Waals surface area contributed by atoms with E-state index in [-0.39, 0.29) is 5.75 Å². The van der Waals surface area contributed by atoms with Gasteiger partial charge < -0.3 is 5.11 Å². The van der Waals surface area contributed by atoms with Crippen molar-refractivity contribution in [2.24, 2.45) is 0 Å². The Morgan fingerprint density at radius 3 is 2.56 bits per heavy atom. The Morgan fingerprint density at radius 1 is 1.44 bits per heavy atom. The van der Waals surface area contributed by atoms with Gasteiger partial charge in [0, 0.05) is 0 Å². The number of rotatable bonds is 4. The molecule has 0 bridgehead atoms. The Bertz CT molecular complexity index is 462. The van der Waals surface area contributed by atoms with E-state index in [4.69, 9.17) is 0 Å². The summed E-state index contributed by atoms with van der Waals surface area (Å²) in [5.74, 6) is -0.298. The molecule has 6 heteroatoms. The van der Waals surface area contributed by atoms with Crippen molar-refractivity contribution in [3.05, 3.63) is 29.6 Å². The Labute approximate surface area is 95.2 Å². The Hall–Kier alpha value is -0.980. The van der Waals surface area contributed by atoms with Gasteiger partial charge in [0.25, 0.3) is 10.1 Å². The predicted molar refractivity (Wildman–Crippen MR) is 59.1 cm³/mol. The van der Waals surface area contributed by atoms with Gasteiger partial charge in [-0.25, -0.2) is 0 Å². The second-order valence-electron chi connectivity index (χ2n) is 3.94. The molecule has 0 unspecified atom stereocenters. The first kappa shape index (κ1) is 13.1. The van der Waals surface area contributed by atoms with Gasteiger partial charge in [0.2, 0.25) is 0 Å². The van der Waals surface area contributed by atoms with Gasteiger partial charge in [0.1, 0.15) is 11.4 Å². The van der Waals surface area contributed by atoms with E-state index in [1.807, 2.05) is 0 Å². The molecule has 0 fully saturated rings. The quantitative estimate of drug-likeness (QED) is 0.793. The lowest BCUT2D eigenvalue weighted by molar-refractivity contribution is 0.0736. The fourth-order valence-corrected chi connectivity index (χ4v) is 1.78. The molecule has 0 spiro atoms. The molecule has 0 saturated heterocycles. The number of aromatic nitrogens is 1. The zero-order valence-electron chi connectivity index (χ0n) is 9.47. The number of pyridine rings is 1. The molecule has 0 saturated carbocycles. The van der Waals surface area contributed by atoms with Crippen LogP contribution in [0.25, 0.3) is 0 Å². The molecular weight excluding hydrogens is 230 g/mol. The van der Waals surface area contributed by atoms with Crippen LogP contribution in [0.15, 0.2) is 18.2 Å². The van der Waals surface area contributed by atoms with Gasteiger partial charge in [-0.05, 0) is 26.0 Å². The number of hydrogen-bond donors (Lipinski definition) is 1. The summed E-state index contributed by atoms with van der Waals surface area (Å²) in [4.78, 5) is 4.07. The minimum absolute atomic E-state index is 0.298. The van der Waals surface area contributed by atoms with E-state index in [1.165, 1.54) is 0 Å². The smallest absolute Gasteiger partial charge is 0.272 e. The third-order valence-corrected chi connectivity index (χ3v) is 3.17. The molecule has 90 valence electrons. The van der Waals surface area contributed by atoms with E-state index in [0.717, 1.165) is 7.11 Å². The summed E-state index contributed by atoms with van der Waals surface area (Å²) in [5.41, 5.74) is -0.315. The standard InChI is InChI=1S/C10H15NO4S/c1-10(2,12)9-6-4-5-8(11-9)7-16(13,14)15-3/h4-6,12H,7H2,1-3H3. The SMILES string of the molecule is COS(=O)(=O)Cc1cccc(C(C)(C)O)n1. The van der Waals surface area contributed by atoms with Crippen LogP contribution in [0.5, 0.6) is 0 Å². The van der Waals surface area contributed by atoms with E-state index in [2.05, 4.69) is 9.17 Å². The van der Waals surface area contributed by atoms with E-state index < -0.39 is 15.7 Å². The van der Waals surface area contributed by atoms with Gasteiger partial charge in [-0.1, -0.05) is 6.07 Å². The number of aliphatic hydroxyl groups is 1. The van der Waals surface area contributed by atoms with Crippen molar-refractivity contribution < 1.29 is 17.7 Å². The maximum Gasteiger partial charge on any atom is 0.272 e. The summed E-state index contributed by atoms with van der Waals surface area (Å²) in [6, 6.07) is 4.87. The van der Waals surface area contributed by atoms with Gasteiger partial charge in [0.05, 0.1) is 18.5 Å². The second-order valence-corrected chi connectivity index (χ2v) is 5.68. The van der Waals surface area contributed by atoms with E-state index in [9.17, 15) is 13.5 Å². The normalized spacial score (nSPS) is 12.8. The van der Waals surface area contributed by atoms with Crippen molar-refractivity contribution in [1.29, 1.82) is 0 Å². The van der Waals surface area contributed by atoms with Crippen LogP contribution >= 0.6 is 0 Å². The van der Waals surface area contributed by atoms with Crippen LogP contribution in [0.4, 0.5) is 0 Å². The van der Waals surface area contributed by atoms with Crippen LogP contribution in [0.3, 0.4) is 0 Å². The summed E-state index contributed by atoms with van der Waals surface area (Å²) in [6.07, 6.45) is 0. The van der Waals surface area contributed by atoms with Crippen LogP contribution in [0.1, 0.15) is 25.2 Å². The van der Waals surface area contributed by atoms with Gasteiger partial charge >= 0.3 is 0 Å². The third-order valence-electron chi connectivity index (χ3n) is 2.01. The monoisotopic (exact) mass is 245 g/mol. The van der Waals surface area contributed by atoms with Crippen molar-refractivity contribution >= 4 is 10.1 Å². The Kier molecular flexibility index (Phi) is 3.67. The highest BCUT2D eigenvalue weighted by Crippen LogP contribution is 2.17. The first-order valence-corrected chi connectivity index (χ1v) is 6.29. The summed E-state index contributed by atoms with van der Waals surface area (Å²) < 4.78 is 26.7. The maximum atomic E-state index is 11.2.